The summed E-state index contributed by atoms with van der Waals surface area (Å²) in [6, 6.07) is 1.88. The number of thiophene rings is 1. The molecule has 0 spiro atoms. The molecule has 1 N–H and O–H groups in total. The summed E-state index contributed by atoms with van der Waals surface area (Å²) < 4.78 is 0. The van der Waals surface area contributed by atoms with Gasteiger partial charge in [-0.15, -0.1) is 22.7 Å². The minimum absolute atomic E-state index is 0.0524. The molecule has 2 heterocycles. The Morgan fingerprint density at radius 1 is 1.54 bits per heavy atom. The van der Waals surface area contributed by atoms with E-state index in [0.29, 0.717) is 0 Å². The second kappa shape index (κ2) is 3.75. The van der Waals surface area contributed by atoms with Gasteiger partial charge in [0, 0.05) is 11.6 Å². The molecule has 0 fully saturated rings. The Balaban J connectivity index is 2.35. The molecule has 0 bridgehead atoms. The van der Waals surface area contributed by atoms with Crippen LogP contribution in [0, 0.1) is 0 Å². The van der Waals surface area contributed by atoms with Gasteiger partial charge in [0.2, 0.25) is 0 Å². The van der Waals surface area contributed by atoms with E-state index in [0.717, 1.165) is 19.8 Å². The summed E-state index contributed by atoms with van der Waals surface area (Å²) in [7, 11) is 0. The Morgan fingerprint density at radius 2 is 2.38 bits per heavy atom. The first kappa shape index (κ1) is 9.15. The van der Waals surface area contributed by atoms with Crippen LogP contribution in [0.15, 0.2) is 17.6 Å². The predicted molar refractivity (Wildman–Crippen MR) is 56.4 cm³/mol. The maximum absolute atomic E-state index is 8.85. The van der Waals surface area contributed by atoms with Gasteiger partial charge in [-0.05, 0) is 6.07 Å². The van der Waals surface area contributed by atoms with Crippen LogP contribution in [0.4, 0.5) is 0 Å². The van der Waals surface area contributed by atoms with E-state index >= 15 is 0 Å². The van der Waals surface area contributed by atoms with Gasteiger partial charge in [0.05, 0.1) is 21.4 Å². The summed E-state index contributed by atoms with van der Waals surface area (Å²) in [5.74, 6) is 0. The molecule has 0 saturated carbocycles. The Bertz CT molecular complexity index is 410. The van der Waals surface area contributed by atoms with Crippen LogP contribution in [0.25, 0.3) is 9.88 Å². The summed E-state index contributed by atoms with van der Waals surface area (Å²) in [6.07, 6.45) is 1.69. The van der Waals surface area contributed by atoms with Crippen LogP contribution < -0.4 is 0 Å². The third-order valence-corrected chi connectivity index (χ3v) is 3.92. The normalized spacial score (nSPS) is 10.6. The van der Waals surface area contributed by atoms with Crippen molar-refractivity contribution in [3.63, 3.8) is 0 Å². The maximum atomic E-state index is 8.85. The molecule has 0 saturated heterocycles. The van der Waals surface area contributed by atoms with E-state index in [1.54, 1.807) is 17.5 Å². The molecule has 2 aromatic rings. The first-order valence-corrected chi connectivity index (χ1v) is 5.67. The average molecular weight is 232 g/mol. The van der Waals surface area contributed by atoms with Crippen LogP contribution in [0.2, 0.25) is 5.02 Å². The largest absolute Gasteiger partial charge is 0.391 e. The topological polar surface area (TPSA) is 33.1 Å². The number of aliphatic hydroxyl groups is 1. The van der Waals surface area contributed by atoms with Crippen LogP contribution in [-0.4, -0.2) is 10.1 Å². The molecule has 0 aliphatic heterocycles. The zero-order chi connectivity index (χ0) is 9.26. The highest BCUT2D eigenvalue weighted by Gasteiger charge is 2.06. The number of halogens is 1. The standard InChI is InChI=1S/C8H6ClNOS2/c9-5-1-7(12-4-5)8-10-2-6(3-11)13-8/h1-2,4,11H,3H2. The minimum Gasteiger partial charge on any atom is -0.391 e. The van der Waals surface area contributed by atoms with E-state index in [2.05, 4.69) is 4.98 Å². The van der Waals surface area contributed by atoms with E-state index in [1.165, 1.54) is 11.3 Å². The zero-order valence-electron chi connectivity index (χ0n) is 6.53. The van der Waals surface area contributed by atoms with E-state index < -0.39 is 0 Å². The number of aromatic nitrogens is 1. The van der Waals surface area contributed by atoms with Crippen molar-refractivity contribution in [2.75, 3.05) is 0 Å². The number of nitrogens with zero attached hydrogens (tertiary/aromatic N) is 1. The van der Waals surface area contributed by atoms with Crippen molar-refractivity contribution < 1.29 is 5.11 Å². The monoisotopic (exact) mass is 231 g/mol. The molecule has 5 heteroatoms. The summed E-state index contributed by atoms with van der Waals surface area (Å²) in [5.41, 5.74) is 0. The van der Waals surface area contributed by atoms with Crippen molar-refractivity contribution in [3.05, 3.63) is 27.5 Å². The van der Waals surface area contributed by atoms with Crippen LogP contribution in [0.5, 0.6) is 0 Å². The summed E-state index contributed by atoms with van der Waals surface area (Å²) >= 11 is 8.84. The molecule has 0 aromatic carbocycles. The van der Waals surface area contributed by atoms with Crippen LogP contribution in [-0.2, 0) is 6.61 Å². The Labute approximate surface area is 88.5 Å². The van der Waals surface area contributed by atoms with Crippen molar-refractivity contribution in [2.45, 2.75) is 6.61 Å². The van der Waals surface area contributed by atoms with Gasteiger partial charge in [-0.2, -0.15) is 0 Å². The third-order valence-electron chi connectivity index (χ3n) is 1.49. The first-order valence-electron chi connectivity index (χ1n) is 3.59. The molecule has 0 aliphatic carbocycles. The first-order chi connectivity index (χ1) is 6.29. The lowest BCUT2D eigenvalue weighted by molar-refractivity contribution is 0.285. The van der Waals surface area contributed by atoms with Gasteiger partial charge in [0.1, 0.15) is 5.01 Å². The van der Waals surface area contributed by atoms with E-state index in [1.807, 2.05) is 11.4 Å². The van der Waals surface area contributed by atoms with Crippen molar-refractivity contribution in [2.24, 2.45) is 0 Å². The van der Waals surface area contributed by atoms with Crippen molar-refractivity contribution in [1.29, 1.82) is 0 Å². The van der Waals surface area contributed by atoms with Gasteiger partial charge in [-0.1, -0.05) is 11.6 Å². The zero-order valence-corrected chi connectivity index (χ0v) is 8.92. The fourth-order valence-corrected chi connectivity index (χ4v) is 2.84. The number of rotatable bonds is 2. The quantitative estimate of drug-likeness (QED) is 0.862. The highest BCUT2D eigenvalue weighted by molar-refractivity contribution is 7.21. The van der Waals surface area contributed by atoms with Crippen molar-refractivity contribution in [1.82, 2.24) is 4.98 Å². The molecule has 13 heavy (non-hydrogen) atoms. The summed E-state index contributed by atoms with van der Waals surface area (Å²) in [4.78, 5) is 6.11. The number of hydrogen-bond acceptors (Lipinski definition) is 4. The lowest BCUT2D eigenvalue weighted by Gasteiger charge is -1.85. The molecular weight excluding hydrogens is 226 g/mol. The van der Waals surface area contributed by atoms with Gasteiger partial charge >= 0.3 is 0 Å². The fraction of sp³-hybridized carbons (Fsp3) is 0.125. The van der Waals surface area contributed by atoms with Gasteiger partial charge in [-0.25, -0.2) is 4.98 Å². The smallest absolute Gasteiger partial charge is 0.133 e. The Kier molecular flexibility index (Phi) is 2.64. The lowest BCUT2D eigenvalue weighted by Crippen LogP contribution is -1.70. The molecule has 0 radical (unpaired) electrons. The summed E-state index contributed by atoms with van der Waals surface area (Å²) in [6.45, 7) is 0.0524. The van der Waals surface area contributed by atoms with Gasteiger partial charge in [0.25, 0.3) is 0 Å². The minimum atomic E-state index is 0.0524. The highest BCUT2D eigenvalue weighted by Crippen LogP contribution is 2.32. The maximum Gasteiger partial charge on any atom is 0.133 e. The molecule has 2 aromatic heterocycles. The molecule has 2 rings (SSSR count). The molecular formula is C8H6ClNOS2. The van der Waals surface area contributed by atoms with Crippen LogP contribution >= 0.6 is 34.3 Å². The Hall–Kier alpha value is -0.420. The molecule has 0 unspecified atom stereocenters. The second-order valence-electron chi connectivity index (χ2n) is 2.42. The van der Waals surface area contributed by atoms with Crippen molar-refractivity contribution >= 4 is 34.3 Å². The lowest BCUT2D eigenvalue weighted by atomic mass is 10.5. The van der Waals surface area contributed by atoms with Gasteiger partial charge < -0.3 is 5.11 Å². The average Bonchev–Trinajstić information content (AvgIpc) is 2.71. The van der Waals surface area contributed by atoms with Gasteiger partial charge in [-0.3, -0.25) is 0 Å². The number of thiazole rings is 1. The molecule has 2 nitrogen and oxygen atoms in total. The molecule has 0 amide bonds. The molecule has 0 atom stereocenters. The number of aliphatic hydroxyl groups excluding tert-OH is 1. The van der Waals surface area contributed by atoms with E-state index in [-0.39, 0.29) is 6.61 Å². The fourth-order valence-electron chi connectivity index (χ4n) is 0.920. The highest BCUT2D eigenvalue weighted by atomic mass is 35.5. The van der Waals surface area contributed by atoms with E-state index in [9.17, 15) is 0 Å². The van der Waals surface area contributed by atoms with Crippen LogP contribution in [0.1, 0.15) is 4.88 Å². The van der Waals surface area contributed by atoms with E-state index in [4.69, 9.17) is 16.7 Å². The molecule has 0 aliphatic rings. The van der Waals surface area contributed by atoms with Crippen LogP contribution in [0.3, 0.4) is 0 Å². The number of hydrogen-bond donors (Lipinski definition) is 1. The Morgan fingerprint density at radius 3 is 2.92 bits per heavy atom. The molecule has 68 valence electrons. The SMILES string of the molecule is OCc1cnc(-c2cc(Cl)cs2)s1. The van der Waals surface area contributed by atoms with Crippen molar-refractivity contribution in [3.8, 4) is 9.88 Å². The summed E-state index contributed by atoms with van der Waals surface area (Å²) in [5, 5.41) is 12.4. The predicted octanol–water partition coefficient (Wildman–Crippen LogP) is 3.02. The van der Waals surface area contributed by atoms with Gasteiger partial charge in [0.15, 0.2) is 0 Å². The second-order valence-corrected chi connectivity index (χ2v) is 4.88. The third kappa shape index (κ3) is 1.91.